The van der Waals surface area contributed by atoms with Crippen molar-refractivity contribution < 1.29 is 9.53 Å². The van der Waals surface area contributed by atoms with Gasteiger partial charge in [0.25, 0.3) is 0 Å². The van der Waals surface area contributed by atoms with Gasteiger partial charge in [-0.3, -0.25) is 4.79 Å². The van der Waals surface area contributed by atoms with Gasteiger partial charge in [-0.2, -0.15) is 0 Å². The smallest absolute Gasteiger partial charge is 0.141 e. The molecule has 0 aliphatic carbocycles. The van der Waals surface area contributed by atoms with Gasteiger partial charge in [-0.15, -0.1) is 0 Å². The van der Waals surface area contributed by atoms with E-state index in [2.05, 4.69) is 20.8 Å². The minimum absolute atomic E-state index is 0.173. The number of carbonyl (C=O) groups is 1. The van der Waals surface area contributed by atoms with Gasteiger partial charge < -0.3 is 4.74 Å². The van der Waals surface area contributed by atoms with E-state index in [1.165, 1.54) is 0 Å². The van der Waals surface area contributed by atoms with E-state index in [1.54, 1.807) is 0 Å². The van der Waals surface area contributed by atoms with Crippen LogP contribution in [0.15, 0.2) is 0 Å². The van der Waals surface area contributed by atoms with Crippen LogP contribution in [0.3, 0.4) is 0 Å². The minimum atomic E-state index is -0.173. The van der Waals surface area contributed by atoms with Crippen LogP contribution in [0.2, 0.25) is 0 Å². The maximum absolute atomic E-state index is 12.1. The maximum Gasteiger partial charge on any atom is 0.141 e. The summed E-state index contributed by atoms with van der Waals surface area (Å²) in [5.74, 6) is 1.20. The number of hydrogen-bond acceptors (Lipinski definition) is 2. The number of Topliss-reactive ketones (excluding diaryl/α,β-unsaturated/α-hetero) is 1. The lowest BCUT2D eigenvalue weighted by Gasteiger charge is -2.28. The van der Waals surface area contributed by atoms with E-state index in [0.29, 0.717) is 11.7 Å². The highest BCUT2D eigenvalue weighted by molar-refractivity contribution is 5.85. The molecule has 1 aliphatic rings. The van der Waals surface area contributed by atoms with Crippen molar-refractivity contribution in [1.82, 2.24) is 0 Å². The predicted molar refractivity (Wildman–Crippen MR) is 61.8 cm³/mol. The zero-order valence-electron chi connectivity index (χ0n) is 10.5. The minimum Gasteiger partial charge on any atom is -0.381 e. The average Bonchev–Trinajstić information content (AvgIpc) is 2.67. The van der Waals surface area contributed by atoms with Crippen LogP contribution >= 0.6 is 0 Å². The van der Waals surface area contributed by atoms with Crippen LogP contribution in [0.4, 0.5) is 0 Å². The Morgan fingerprint density at radius 2 is 2.20 bits per heavy atom. The highest BCUT2D eigenvalue weighted by Crippen LogP contribution is 2.33. The van der Waals surface area contributed by atoms with Crippen molar-refractivity contribution in [3.8, 4) is 0 Å². The first-order valence-corrected chi connectivity index (χ1v) is 6.09. The first kappa shape index (κ1) is 12.7. The van der Waals surface area contributed by atoms with Crippen molar-refractivity contribution in [2.24, 2.45) is 17.3 Å². The Hall–Kier alpha value is -0.370. The molecule has 2 nitrogen and oxygen atoms in total. The molecule has 0 aromatic heterocycles. The maximum atomic E-state index is 12.1. The van der Waals surface area contributed by atoms with Crippen LogP contribution in [0, 0.1) is 17.3 Å². The number of carbonyl (C=O) groups excluding carboxylic acids is 1. The molecular weight excluding hydrogens is 188 g/mol. The number of ketones is 1. The second-order valence-corrected chi connectivity index (χ2v) is 5.49. The SMILES string of the molecule is CCC(C)C(=O)C(C)(C)CC1CCOC1. The number of rotatable bonds is 5. The van der Waals surface area contributed by atoms with Crippen molar-refractivity contribution in [1.29, 1.82) is 0 Å². The summed E-state index contributed by atoms with van der Waals surface area (Å²) in [6, 6.07) is 0. The van der Waals surface area contributed by atoms with E-state index in [0.717, 1.165) is 32.5 Å². The molecule has 1 fully saturated rings. The molecule has 0 spiro atoms. The van der Waals surface area contributed by atoms with Crippen molar-refractivity contribution >= 4 is 5.78 Å². The Labute approximate surface area is 93.4 Å². The Morgan fingerprint density at radius 3 is 2.67 bits per heavy atom. The molecule has 2 heteroatoms. The van der Waals surface area contributed by atoms with E-state index >= 15 is 0 Å². The monoisotopic (exact) mass is 212 g/mol. The molecule has 0 amide bonds. The molecule has 1 saturated heterocycles. The summed E-state index contributed by atoms with van der Waals surface area (Å²) >= 11 is 0. The summed E-state index contributed by atoms with van der Waals surface area (Å²) in [7, 11) is 0. The van der Waals surface area contributed by atoms with Gasteiger partial charge in [0.2, 0.25) is 0 Å². The lowest BCUT2D eigenvalue weighted by atomic mass is 9.74. The third kappa shape index (κ3) is 3.30. The second kappa shape index (κ2) is 5.11. The topological polar surface area (TPSA) is 26.3 Å². The predicted octanol–water partition coefficient (Wildman–Crippen LogP) is 3.05. The molecular formula is C13H24O2. The summed E-state index contributed by atoms with van der Waals surface area (Å²) in [5, 5.41) is 0. The Morgan fingerprint density at radius 1 is 1.53 bits per heavy atom. The van der Waals surface area contributed by atoms with Gasteiger partial charge in [-0.05, 0) is 25.2 Å². The van der Waals surface area contributed by atoms with Gasteiger partial charge in [-0.1, -0.05) is 27.7 Å². The van der Waals surface area contributed by atoms with E-state index in [-0.39, 0.29) is 11.3 Å². The third-order valence-electron chi connectivity index (χ3n) is 3.55. The fourth-order valence-corrected chi connectivity index (χ4v) is 2.42. The molecule has 0 N–H and O–H groups in total. The van der Waals surface area contributed by atoms with Crippen LogP contribution in [0.5, 0.6) is 0 Å². The van der Waals surface area contributed by atoms with Gasteiger partial charge in [0.15, 0.2) is 0 Å². The molecule has 15 heavy (non-hydrogen) atoms. The normalized spacial score (nSPS) is 24.1. The molecule has 0 saturated carbocycles. The van der Waals surface area contributed by atoms with Crippen LogP contribution in [0.25, 0.3) is 0 Å². The zero-order chi connectivity index (χ0) is 11.5. The van der Waals surface area contributed by atoms with Crippen molar-refractivity contribution in [2.45, 2.75) is 47.0 Å². The first-order chi connectivity index (χ1) is 6.97. The molecule has 2 unspecified atom stereocenters. The molecule has 88 valence electrons. The largest absolute Gasteiger partial charge is 0.381 e. The summed E-state index contributed by atoms with van der Waals surface area (Å²) in [5.41, 5.74) is -0.173. The fraction of sp³-hybridized carbons (Fsp3) is 0.923. The lowest BCUT2D eigenvalue weighted by molar-refractivity contribution is -0.131. The summed E-state index contributed by atoms with van der Waals surface area (Å²) in [6.07, 6.45) is 3.05. The van der Waals surface area contributed by atoms with Gasteiger partial charge in [0.1, 0.15) is 5.78 Å². The summed E-state index contributed by atoms with van der Waals surface area (Å²) in [6.45, 7) is 10.0. The van der Waals surface area contributed by atoms with Gasteiger partial charge in [0.05, 0.1) is 0 Å². The summed E-state index contributed by atoms with van der Waals surface area (Å²) < 4.78 is 5.36. The number of ether oxygens (including phenoxy) is 1. The first-order valence-electron chi connectivity index (χ1n) is 6.09. The molecule has 2 atom stereocenters. The number of hydrogen-bond donors (Lipinski definition) is 0. The van der Waals surface area contributed by atoms with Crippen LogP contribution in [-0.2, 0) is 9.53 Å². The van der Waals surface area contributed by atoms with Gasteiger partial charge in [-0.25, -0.2) is 0 Å². The van der Waals surface area contributed by atoms with Gasteiger partial charge in [0, 0.05) is 24.5 Å². The zero-order valence-corrected chi connectivity index (χ0v) is 10.5. The molecule has 0 aromatic carbocycles. The third-order valence-corrected chi connectivity index (χ3v) is 3.55. The standard InChI is InChI=1S/C13H24O2/c1-5-10(2)12(14)13(3,4)8-11-6-7-15-9-11/h10-11H,5-9H2,1-4H3. The fourth-order valence-electron chi connectivity index (χ4n) is 2.42. The average molecular weight is 212 g/mol. The van der Waals surface area contributed by atoms with Crippen LogP contribution < -0.4 is 0 Å². The molecule has 1 aliphatic heterocycles. The Kier molecular flexibility index (Phi) is 4.32. The van der Waals surface area contributed by atoms with Crippen LogP contribution in [0.1, 0.15) is 47.0 Å². The van der Waals surface area contributed by atoms with Gasteiger partial charge >= 0.3 is 0 Å². The summed E-state index contributed by atoms with van der Waals surface area (Å²) in [4.78, 5) is 12.1. The lowest BCUT2D eigenvalue weighted by Crippen LogP contribution is -2.31. The van der Waals surface area contributed by atoms with Crippen molar-refractivity contribution in [3.63, 3.8) is 0 Å². The second-order valence-electron chi connectivity index (χ2n) is 5.49. The Balaban J connectivity index is 2.52. The van der Waals surface area contributed by atoms with E-state index in [9.17, 15) is 4.79 Å². The molecule has 0 aromatic rings. The molecule has 0 bridgehead atoms. The van der Waals surface area contributed by atoms with Crippen molar-refractivity contribution in [2.75, 3.05) is 13.2 Å². The van der Waals surface area contributed by atoms with E-state index in [4.69, 9.17) is 4.74 Å². The highest BCUT2D eigenvalue weighted by atomic mass is 16.5. The molecule has 1 rings (SSSR count). The van der Waals surface area contributed by atoms with E-state index in [1.807, 2.05) is 6.92 Å². The molecule has 0 radical (unpaired) electrons. The van der Waals surface area contributed by atoms with Crippen LogP contribution in [-0.4, -0.2) is 19.0 Å². The quantitative estimate of drug-likeness (QED) is 0.700. The highest BCUT2D eigenvalue weighted by Gasteiger charge is 2.34. The van der Waals surface area contributed by atoms with E-state index < -0.39 is 0 Å². The Bertz CT molecular complexity index is 215. The molecule has 1 heterocycles. The van der Waals surface area contributed by atoms with Crippen molar-refractivity contribution in [3.05, 3.63) is 0 Å².